The Morgan fingerprint density at radius 1 is 1.08 bits per heavy atom. The molecular weight excluding hydrogens is 324 g/mol. The monoisotopic (exact) mass is 340 g/mol. The van der Waals surface area contributed by atoms with Crippen LogP contribution in [-0.4, -0.2) is 19.4 Å². The molecule has 26 heavy (non-hydrogen) atoms. The van der Waals surface area contributed by atoms with Crippen molar-refractivity contribution in [3.05, 3.63) is 78.2 Å². The fourth-order valence-electron chi connectivity index (χ4n) is 2.82. The molecule has 0 aliphatic rings. The van der Waals surface area contributed by atoms with Crippen LogP contribution in [0.5, 0.6) is 0 Å². The van der Waals surface area contributed by atoms with E-state index < -0.39 is 0 Å². The number of nitriles is 1. The van der Waals surface area contributed by atoms with Gasteiger partial charge >= 0.3 is 0 Å². The number of nitrogens with one attached hydrogen (secondary N) is 1. The van der Waals surface area contributed by atoms with Crippen LogP contribution in [0.25, 0.3) is 17.2 Å². The van der Waals surface area contributed by atoms with Gasteiger partial charge in [-0.05, 0) is 30.7 Å². The van der Waals surface area contributed by atoms with Crippen molar-refractivity contribution in [2.75, 3.05) is 5.32 Å². The van der Waals surface area contributed by atoms with Crippen molar-refractivity contribution in [2.24, 2.45) is 0 Å². The Morgan fingerprint density at radius 3 is 2.73 bits per heavy atom. The maximum atomic E-state index is 9.12. The summed E-state index contributed by atoms with van der Waals surface area (Å²) in [4.78, 5) is 13.4. The molecule has 4 rings (SSSR count). The summed E-state index contributed by atoms with van der Waals surface area (Å²) in [6.45, 7) is 2.09. The molecule has 0 fully saturated rings. The third-order valence-corrected chi connectivity index (χ3v) is 4.18. The number of benzene rings is 1. The van der Waals surface area contributed by atoms with E-state index in [2.05, 4.69) is 45.4 Å². The van der Waals surface area contributed by atoms with E-state index in [0.717, 1.165) is 17.2 Å². The predicted octanol–water partition coefficient (Wildman–Crippen LogP) is 3.84. The Bertz CT molecular complexity index is 1090. The maximum Gasteiger partial charge on any atom is 0.180 e. The molecule has 0 unspecified atom stereocenters. The van der Waals surface area contributed by atoms with Crippen molar-refractivity contribution < 1.29 is 0 Å². The molecule has 0 spiro atoms. The molecular formula is C20H16N6. The molecule has 6 heteroatoms. The highest BCUT2D eigenvalue weighted by atomic mass is 15.1. The molecule has 4 aromatic rings. The van der Waals surface area contributed by atoms with Crippen LogP contribution in [0, 0.1) is 11.3 Å². The van der Waals surface area contributed by atoms with Gasteiger partial charge in [0.05, 0.1) is 11.8 Å². The predicted molar refractivity (Wildman–Crippen MR) is 99.4 cm³/mol. The van der Waals surface area contributed by atoms with Crippen LogP contribution in [0.2, 0.25) is 0 Å². The summed E-state index contributed by atoms with van der Waals surface area (Å²) in [6, 6.07) is 17.8. The Kier molecular flexibility index (Phi) is 4.04. The van der Waals surface area contributed by atoms with Gasteiger partial charge in [0, 0.05) is 18.4 Å². The molecule has 6 nitrogen and oxygen atoms in total. The van der Waals surface area contributed by atoms with E-state index in [1.165, 1.54) is 5.56 Å². The molecule has 0 radical (unpaired) electrons. The lowest BCUT2D eigenvalue weighted by atomic mass is 10.1. The molecule has 0 aliphatic carbocycles. The third kappa shape index (κ3) is 2.98. The van der Waals surface area contributed by atoms with E-state index in [-0.39, 0.29) is 6.04 Å². The summed E-state index contributed by atoms with van der Waals surface area (Å²) in [6.07, 6.45) is 5.18. The van der Waals surface area contributed by atoms with Crippen LogP contribution in [0.15, 0.2) is 67.1 Å². The second-order valence-corrected chi connectivity index (χ2v) is 5.94. The van der Waals surface area contributed by atoms with Crippen molar-refractivity contribution in [3.8, 4) is 17.6 Å². The number of nitrogens with zero attached hydrogens (tertiary/aromatic N) is 5. The van der Waals surface area contributed by atoms with E-state index in [0.29, 0.717) is 11.4 Å². The van der Waals surface area contributed by atoms with Gasteiger partial charge in [-0.25, -0.2) is 15.0 Å². The van der Waals surface area contributed by atoms with Crippen molar-refractivity contribution >= 4 is 11.5 Å². The Hall–Kier alpha value is -3.72. The average Bonchev–Trinajstić information content (AvgIpc) is 3.12. The van der Waals surface area contributed by atoms with Crippen molar-refractivity contribution in [3.63, 3.8) is 0 Å². The molecule has 1 atom stereocenters. The number of pyridine rings is 1. The smallest absolute Gasteiger partial charge is 0.180 e. The standard InChI is InChI=1S/C20H16N6/c1-14(16-5-3-2-4-6-16)24-18-9-10-22-20(25-18)17-12-23-19-8-7-15(11-21)13-26(17)19/h2-10,12-14H,1H3,(H,22,24,25)/t14-/m0/s1. The first-order chi connectivity index (χ1) is 12.7. The van der Waals surface area contributed by atoms with Crippen LogP contribution in [0.1, 0.15) is 24.1 Å². The molecule has 0 aliphatic heterocycles. The lowest BCUT2D eigenvalue weighted by molar-refractivity contribution is 0.872. The Balaban J connectivity index is 1.67. The number of rotatable bonds is 4. The molecule has 0 saturated carbocycles. The highest BCUT2D eigenvalue weighted by molar-refractivity contribution is 5.59. The Labute approximate surface area is 150 Å². The SMILES string of the molecule is C[C@H](Nc1ccnc(-c2cnc3ccc(C#N)cn23)n1)c1ccccc1. The van der Waals surface area contributed by atoms with Gasteiger partial charge in [-0.15, -0.1) is 0 Å². The molecule has 3 heterocycles. The van der Waals surface area contributed by atoms with Crippen LogP contribution in [0.4, 0.5) is 5.82 Å². The normalized spacial score (nSPS) is 11.8. The first-order valence-electron chi connectivity index (χ1n) is 8.27. The van der Waals surface area contributed by atoms with Crippen molar-refractivity contribution in [2.45, 2.75) is 13.0 Å². The zero-order valence-electron chi connectivity index (χ0n) is 14.2. The van der Waals surface area contributed by atoms with Crippen LogP contribution >= 0.6 is 0 Å². The minimum absolute atomic E-state index is 0.117. The zero-order chi connectivity index (χ0) is 17.9. The quantitative estimate of drug-likeness (QED) is 0.611. The highest BCUT2D eigenvalue weighted by Gasteiger charge is 2.11. The van der Waals surface area contributed by atoms with E-state index in [9.17, 15) is 0 Å². The number of anilines is 1. The van der Waals surface area contributed by atoms with Crippen LogP contribution in [0.3, 0.4) is 0 Å². The first-order valence-corrected chi connectivity index (χ1v) is 8.27. The van der Waals surface area contributed by atoms with Crippen LogP contribution < -0.4 is 5.32 Å². The number of fused-ring (bicyclic) bond motifs is 1. The first kappa shape index (κ1) is 15.8. The summed E-state index contributed by atoms with van der Waals surface area (Å²) in [7, 11) is 0. The van der Waals surface area contributed by atoms with Gasteiger partial charge in [0.2, 0.25) is 0 Å². The number of hydrogen-bond acceptors (Lipinski definition) is 5. The topological polar surface area (TPSA) is 78.9 Å². The lowest BCUT2D eigenvalue weighted by Gasteiger charge is -2.15. The number of aromatic nitrogens is 4. The maximum absolute atomic E-state index is 9.12. The number of hydrogen-bond donors (Lipinski definition) is 1. The van der Waals surface area contributed by atoms with E-state index in [4.69, 9.17) is 5.26 Å². The Morgan fingerprint density at radius 2 is 1.92 bits per heavy atom. The summed E-state index contributed by atoms with van der Waals surface area (Å²) < 4.78 is 1.83. The second kappa shape index (κ2) is 6.65. The summed E-state index contributed by atoms with van der Waals surface area (Å²) >= 11 is 0. The summed E-state index contributed by atoms with van der Waals surface area (Å²) in [5, 5.41) is 12.5. The fourth-order valence-corrected chi connectivity index (χ4v) is 2.82. The molecule has 1 aromatic carbocycles. The van der Waals surface area contributed by atoms with E-state index in [1.54, 1.807) is 24.7 Å². The largest absolute Gasteiger partial charge is 0.363 e. The van der Waals surface area contributed by atoms with Gasteiger partial charge in [-0.2, -0.15) is 5.26 Å². The van der Waals surface area contributed by atoms with Crippen molar-refractivity contribution in [1.82, 2.24) is 19.4 Å². The molecule has 0 amide bonds. The van der Waals surface area contributed by atoms with Gasteiger partial charge in [-0.1, -0.05) is 30.3 Å². The van der Waals surface area contributed by atoms with E-state index >= 15 is 0 Å². The third-order valence-electron chi connectivity index (χ3n) is 4.18. The van der Waals surface area contributed by atoms with Crippen LogP contribution in [-0.2, 0) is 0 Å². The fraction of sp³-hybridized carbons (Fsp3) is 0.100. The molecule has 3 aromatic heterocycles. The van der Waals surface area contributed by atoms with Gasteiger partial charge in [0.15, 0.2) is 5.82 Å². The minimum Gasteiger partial charge on any atom is -0.363 e. The molecule has 126 valence electrons. The van der Waals surface area contributed by atoms with Gasteiger partial charge in [0.1, 0.15) is 23.2 Å². The van der Waals surface area contributed by atoms with E-state index in [1.807, 2.05) is 34.7 Å². The molecule has 0 saturated heterocycles. The lowest BCUT2D eigenvalue weighted by Crippen LogP contribution is -2.08. The zero-order valence-corrected chi connectivity index (χ0v) is 14.2. The van der Waals surface area contributed by atoms with Crippen molar-refractivity contribution in [1.29, 1.82) is 5.26 Å². The number of imidazole rings is 1. The molecule has 1 N–H and O–H groups in total. The highest BCUT2D eigenvalue weighted by Crippen LogP contribution is 2.21. The average molecular weight is 340 g/mol. The van der Waals surface area contributed by atoms with Gasteiger partial charge in [0.25, 0.3) is 0 Å². The second-order valence-electron chi connectivity index (χ2n) is 5.94. The summed E-state index contributed by atoms with van der Waals surface area (Å²) in [5.74, 6) is 1.29. The van der Waals surface area contributed by atoms with Gasteiger partial charge < -0.3 is 5.32 Å². The summed E-state index contributed by atoms with van der Waals surface area (Å²) in [5.41, 5.74) is 3.23. The van der Waals surface area contributed by atoms with Gasteiger partial charge in [-0.3, -0.25) is 4.40 Å². The minimum atomic E-state index is 0.117. The molecule has 0 bridgehead atoms.